The molecule has 1 saturated heterocycles. The summed E-state index contributed by atoms with van der Waals surface area (Å²) in [5.74, 6) is 0. The normalized spacial score (nSPS) is 28.1. The second kappa shape index (κ2) is 3.55. The van der Waals surface area contributed by atoms with Crippen LogP contribution in [-0.2, 0) is 4.74 Å². The van der Waals surface area contributed by atoms with Crippen LogP contribution in [0.25, 0.3) is 0 Å². The summed E-state index contributed by atoms with van der Waals surface area (Å²) in [6.45, 7) is 8.62. The molecular formula is C9H19NO. The first kappa shape index (κ1) is 9.01. The van der Waals surface area contributed by atoms with Crippen LogP contribution in [0.5, 0.6) is 0 Å². The maximum absolute atomic E-state index is 5.66. The fourth-order valence-corrected chi connectivity index (χ4v) is 1.28. The minimum Gasteiger partial charge on any atom is -0.363 e. The Morgan fingerprint density at radius 1 is 1.27 bits per heavy atom. The van der Waals surface area contributed by atoms with Gasteiger partial charge in [0, 0.05) is 12.0 Å². The molecule has 1 aliphatic rings. The highest BCUT2D eigenvalue weighted by atomic mass is 16.5. The van der Waals surface area contributed by atoms with Crippen molar-refractivity contribution in [3.8, 4) is 0 Å². The molecule has 1 aliphatic heterocycles. The lowest BCUT2D eigenvalue weighted by Crippen LogP contribution is -2.41. The van der Waals surface area contributed by atoms with Crippen LogP contribution in [0.3, 0.4) is 0 Å². The van der Waals surface area contributed by atoms with E-state index in [1.165, 1.54) is 12.8 Å². The zero-order chi connectivity index (χ0) is 8.32. The summed E-state index contributed by atoms with van der Waals surface area (Å²) < 4.78 is 5.66. The Hall–Kier alpha value is -0.0800. The molecule has 0 bridgehead atoms. The van der Waals surface area contributed by atoms with Crippen LogP contribution in [0.4, 0.5) is 0 Å². The average Bonchev–Trinajstić information content (AvgIpc) is 2.10. The highest BCUT2D eigenvalue weighted by Gasteiger charge is 2.25. The third-order valence-corrected chi connectivity index (χ3v) is 1.97. The largest absolute Gasteiger partial charge is 0.363 e. The standard InChI is InChI=1S/C9H19NO/c1-9(2,3)8-10-6-4-5-7-11-8/h8,10H,4-7H2,1-3H3. The Morgan fingerprint density at radius 2 is 2.00 bits per heavy atom. The summed E-state index contributed by atoms with van der Waals surface area (Å²) in [5, 5.41) is 3.40. The Balaban J connectivity index is 2.43. The second-order valence-electron chi connectivity index (χ2n) is 4.28. The Bertz CT molecular complexity index is 109. The van der Waals surface area contributed by atoms with Crippen molar-refractivity contribution in [2.24, 2.45) is 5.41 Å². The minimum absolute atomic E-state index is 0.227. The SMILES string of the molecule is CC(C)(C)C1NCCCCO1. The zero-order valence-electron chi connectivity index (χ0n) is 7.81. The summed E-state index contributed by atoms with van der Waals surface area (Å²) in [6.07, 6.45) is 2.68. The van der Waals surface area contributed by atoms with Crippen LogP contribution in [-0.4, -0.2) is 19.4 Å². The molecule has 11 heavy (non-hydrogen) atoms. The van der Waals surface area contributed by atoms with E-state index >= 15 is 0 Å². The molecule has 1 unspecified atom stereocenters. The van der Waals surface area contributed by atoms with Crippen LogP contribution in [0.15, 0.2) is 0 Å². The second-order valence-corrected chi connectivity index (χ2v) is 4.28. The van der Waals surface area contributed by atoms with Gasteiger partial charge in [-0.2, -0.15) is 0 Å². The van der Waals surface area contributed by atoms with E-state index in [1.54, 1.807) is 0 Å². The highest BCUT2D eigenvalue weighted by molar-refractivity contribution is 4.73. The number of hydrogen-bond acceptors (Lipinski definition) is 2. The van der Waals surface area contributed by atoms with Crippen molar-refractivity contribution in [2.45, 2.75) is 39.8 Å². The lowest BCUT2D eigenvalue weighted by Gasteiger charge is -2.29. The molecule has 0 saturated carbocycles. The Kier molecular flexibility index (Phi) is 2.90. The van der Waals surface area contributed by atoms with Crippen molar-refractivity contribution in [3.63, 3.8) is 0 Å². The van der Waals surface area contributed by atoms with E-state index in [9.17, 15) is 0 Å². The predicted octanol–water partition coefficient (Wildman–Crippen LogP) is 1.76. The van der Waals surface area contributed by atoms with Crippen LogP contribution in [0, 0.1) is 5.41 Å². The van der Waals surface area contributed by atoms with Gasteiger partial charge in [0.15, 0.2) is 0 Å². The summed E-state index contributed by atoms with van der Waals surface area (Å²) in [7, 11) is 0. The lowest BCUT2D eigenvalue weighted by molar-refractivity contribution is -0.0292. The predicted molar refractivity (Wildman–Crippen MR) is 46.4 cm³/mol. The molecule has 2 heteroatoms. The first-order chi connectivity index (χ1) is 5.11. The molecule has 0 radical (unpaired) electrons. The highest BCUT2D eigenvalue weighted by Crippen LogP contribution is 2.21. The molecule has 1 rings (SSSR count). The van der Waals surface area contributed by atoms with Crippen LogP contribution >= 0.6 is 0 Å². The van der Waals surface area contributed by atoms with Crippen molar-refractivity contribution in [1.29, 1.82) is 0 Å². The number of rotatable bonds is 0. The van der Waals surface area contributed by atoms with E-state index in [1.807, 2.05) is 0 Å². The van der Waals surface area contributed by atoms with Gasteiger partial charge in [-0.25, -0.2) is 0 Å². The molecular weight excluding hydrogens is 138 g/mol. The molecule has 66 valence electrons. The quantitative estimate of drug-likeness (QED) is 0.578. The molecule has 0 spiro atoms. The van der Waals surface area contributed by atoms with Crippen molar-refractivity contribution < 1.29 is 4.74 Å². The number of ether oxygens (including phenoxy) is 1. The molecule has 2 nitrogen and oxygen atoms in total. The molecule has 0 aliphatic carbocycles. The van der Waals surface area contributed by atoms with Crippen molar-refractivity contribution >= 4 is 0 Å². The van der Waals surface area contributed by atoms with Gasteiger partial charge in [-0.05, 0) is 19.4 Å². The van der Waals surface area contributed by atoms with Gasteiger partial charge < -0.3 is 4.74 Å². The molecule has 0 aromatic heterocycles. The monoisotopic (exact) mass is 157 g/mol. The fraction of sp³-hybridized carbons (Fsp3) is 1.00. The van der Waals surface area contributed by atoms with Crippen molar-refractivity contribution in [2.75, 3.05) is 13.2 Å². The van der Waals surface area contributed by atoms with Gasteiger partial charge >= 0.3 is 0 Å². The maximum atomic E-state index is 5.66. The van der Waals surface area contributed by atoms with E-state index in [4.69, 9.17) is 4.74 Å². The third-order valence-electron chi connectivity index (χ3n) is 1.97. The van der Waals surface area contributed by atoms with Gasteiger partial charge in [-0.3, -0.25) is 5.32 Å². The van der Waals surface area contributed by atoms with Gasteiger partial charge in [0.05, 0.1) is 0 Å². The molecule has 0 aromatic carbocycles. The molecule has 0 aromatic rings. The fourth-order valence-electron chi connectivity index (χ4n) is 1.28. The van der Waals surface area contributed by atoms with E-state index in [2.05, 4.69) is 26.1 Å². The van der Waals surface area contributed by atoms with Crippen LogP contribution in [0.1, 0.15) is 33.6 Å². The average molecular weight is 157 g/mol. The maximum Gasteiger partial charge on any atom is 0.112 e. The first-order valence-electron chi connectivity index (χ1n) is 4.46. The van der Waals surface area contributed by atoms with Gasteiger partial charge in [0.1, 0.15) is 6.23 Å². The van der Waals surface area contributed by atoms with Crippen LogP contribution in [0.2, 0.25) is 0 Å². The zero-order valence-corrected chi connectivity index (χ0v) is 7.81. The van der Waals surface area contributed by atoms with E-state index < -0.39 is 0 Å². The van der Waals surface area contributed by atoms with Crippen molar-refractivity contribution in [3.05, 3.63) is 0 Å². The lowest BCUT2D eigenvalue weighted by atomic mass is 9.94. The van der Waals surface area contributed by atoms with E-state index in [-0.39, 0.29) is 11.6 Å². The number of hydrogen-bond donors (Lipinski definition) is 1. The summed E-state index contributed by atoms with van der Waals surface area (Å²) in [4.78, 5) is 0. The Labute approximate surface area is 69.3 Å². The molecule has 1 heterocycles. The van der Waals surface area contributed by atoms with E-state index in [0.29, 0.717) is 0 Å². The van der Waals surface area contributed by atoms with Gasteiger partial charge in [0.25, 0.3) is 0 Å². The topological polar surface area (TPSA) is 21.3 Å². The Morgan fingerprint density at radius 3 is 2.64 bits per heavy atom. The van der Waals surface area contributed by atoms with E-state index in [0.717, 1.165) is 13.2 Å². The smallest absolute Gasteiger partial charge is 0.112 e. The summed E-state index contributed by atoms with van der Waals surface area (Å²) in [5.41, 5.74) is 0.227. The number of nitrogens with one attached hydrogen (secondary N) is 1. The minimum atomic E-state index is 0.227. The van der Waals surface area contributed by atoms with Gasteiger partial charge in [-0.15, -0.1) is 0 Å². The van der Waals surface area contributed by atoms with Crippen molar-refractivity contribution in [1.82, 2.24) is 5.32 Å². The molecule has 1 N–H and O–H groups in total. The van der Waals surface area contributed by atoms with Crippen LogP contribution < -0.4 is 5.32 Å². The summed E-state index contributed by atoms with van der Waals surface area (Å²) in [6, 6.07) is 0. The molecule has 1 atom stereocenters. The molecule has 1 fully saturated rings. The van der Waals surface area contributed by atoms with Gasteiger partial charge in [-0.1, -0.05) is 20.8 Å². The molecule has 0 amide bonds. The summed E-state index contributed by atoms with van der Waals surface area (Å²) >= 11 is 0. The third kappa shape index (κ3) is 2.80. The van der Waals surface area contributed by atoms with Gasteiger partial charge in [0.2, 0.25) is 0 Å². The first-order valence-corrected chi connectivity index (χ1v) is 4.46.